The van der Waals surface area contributed by atoms with Crippen molar-refractivity contribution in [3.63, 3.8) is 0 Å². The highest BCUT2D eigenvalue weighted by atomic mass is 32.2. The first kappa shape index (κ1) is 11.3. The summed E-state index contributed by atoms with van der Waals surface area (Å²) in [6.45, 7) is 2.02. The molecule has 0 spiro atoms. The molecule has 1 heterocycles. The Morgan fingerprint density at radius 3 is 2.81 bits per heavy atom. The molecule has 0 amide bonds. The minimum Gasteiger partial charge on any atom is -0.440 e. The minimum absolute atomic E-state index is 0.0137. The molecule has 1 aliphatic carbocycles. The lowest BCUT2D eigenvalue weighted by molar-refractivity contribution is 0.109. The second-order valence-electron chi connectivity index (χ2n) is 3.91. The van der Waals surface area contributed by atoms with Crippen molar-refractivity contribution >= 4 is 16.3 Å². The van der Waals surface area contributed by atoms with Crippen LogP contribution in [0.4, 0.5) is 0 Å². The molecule has 2 atom stereocenters. The van der Waals surface area contributed by atoms with Gasteiger partial charge in [0.25, 0.3) is 10.0 Å². The first-order chi connectivity index (χ1) is 7.56. The van der Waals surface area contributed by atoms with Crippen molar-refractivity contribution in [3.05, 3.63) is 17.9 Å². The van der Waals surface area contributed by atoms with Crippen molar-refractivity contribution < 1.29 is 17.6 Å². The van der Waals surface area contributed by atoms with E-state index in [2.05, 4.69) is 4.72 Å². The topological polar surface area (TPSA) is 76.4 Å². The van der Waals surface area contributed by atoms with E-state index in [0.717, 1.165) is 12.8 Å². The molecule has 1 fully saturated rings. The van der Waals surface area contributed by atoms with Crippen molar-refractivity contribution in [3.8, 4) is 0 Å². The van der Waals surface area contributed by atoms with Crippen LogP contribution in [0.3, 0.4) is 0 Å². The van der Waals surface area contributed by atoms with Gasteiger partial charge in [0.15, 0.2) is 12.0 Å². The number of furan rings is 1. The number of sulfonamides is 1. The highest BCUT2D eigenvalue weighted by molar-refractivity contribution is 7.89. The van der Waals surface area contributed by atoms with Crippen LogP contribution in [0.25, 0.3) is 0 Å². The molecule has 1 aromatic rings. The Balaban J connectivity index is 2.10. The van der Waals surface area contributed by atoms with Crippen molar-refractivity contribution in [2.24, 2.45) is 5.92 Å². The van der Waals surface area contributed by atoms with Crippen molar-refractivity contribution in [2.75, 3.05) is 0 Å². The van der Waals surface area contributed by atoms with Crippen LogP contribution in [-0.2, 0) is 10.0 Å². The molecular weight excluding hydrogens is 230 g/mol. The predicted molar refractivity (Wildman–Crippen MR) is 56.6 cm³/mol. The maximum atomic E-state index is 11.8. The summed E-state index contributed by atoms with van der Waals surface area (Å²) in [7, 11) is -3.60. The molecule has 16 heavy (non-hydrogen) atoms. The maximum absolute atomic E-state index is 11.8. The van der Waals surface area contributed by atoms with Crippen LogP contribution < -0.4 is 4.72 Å². The fraction of sp³-hybridized carbons (Fsp3) is 0.500. The predicted octanol–water partition coefficient (Wildman–Crippen LogP) is 1.17. The Bertz CT molecular complexity index is 491. The molecule has 0 aromatic carbocycles. The molecule has 2 rings (SSSR count). The van der Waals surface area contributed by atoms with E-state index in [-0.39, 0.29) is 16.9 Å². The van der Waals surface area contributed by atoms with Crippen molar-refractivity contribution in [1.82, 2.24) is 4.72 Å². The van der Waals surface area contributed by atoms with Crippen molar-refractivity contribution in [1.29, 1.82) is 0 Å². The van der Waals surface area contributed by atoms with E-state index >= 15 is 0 Å². The molecule has 1 N–H and O–H groups in total. The van der Waals surface area contributed by atoms with Gasteiger partial charge in [-0.15, -0.1) is 0 Å². The average Bonchev–Trinajstić information content (AvgIpc) is 2.81. The van der Waals surface area contributed by atoms with E-state index < -0.39 is 10.0 Å². The fourth-order valence-electron chi connectivity index (χ4n) is 1.64. The highest BCUT2D eigenvalue weighted by Gasteiger charge is 2.39. The summed E-state index contributed by atoms with van der Waals surface area (Å²) in [4.78, 5) is 10.4. The summed E-state index contributed by atoms with van der Waals surface area (Å²) in [5.74, 6) is 0.443. The minimum atomic E-state index is -3.60. The summed E-state index contributed by atoms with van der Waals surface area (Å²) in [5, 5.41) is -0.198. The zero-order chi connectivity index (χ0) is 11.8. The maximum Gasteiger partial charge on any atom is 0.274 e. The van der Waals surface area contributed by atoms with E-state index in [0.29, 0.717) is 12.2 Å². The summed E-state index contributed by atoms with van der Waals surface area (Å²) in [6, 6.07) is 2.64. The molecule has 6 heteroatoms. The van der Waals surface area contributed by atoms with Crippen LogP contribution in [-0.4, -0.2) is 20.7 Å². The second-order valence-corrected chi connectivity index (χ2v) is 5.55. The number of nitrogens with one attached hydrogen (secondary N) is 1. The number of hydrogen-bond donors (Lipinski definition) is 1. The van der Waals surface area contributed by atoms with Gasteiger partial charge in [-0.1, -0.05) is 13.3 Å². The number of carbonyl (C=O) groups is 1. The van der Waals surface area contributed by atoms with Crippen LogP contribution in [0.5, 0.6) is 0 Å². The average molecular weight is 243 g/mol. The van der Waals surface area contributed by atoms with Gasteiger partial charge in [0, 0.05) is 6.04 Å². The number of aldehydes is 1. The number of rotatable bonds is 5. The summed E-state index contributed by atoms with van der Waals surface area (Å²) in [5.41, 5.74) is 0. The fourth-order valence-corrected chi connectivity index (χ4v) is 2.90. The van der Waals surface area contributed by atoms with Crippen LogP contribution >= 0.6 is 0 Å². The summed E-state index contributed by atoms with van der Waals surface area (Å²) in [6.07, 6.45) is 2.31. The van der Waals surface area contributed by atoms with E-state index in [4.69, 9.17) is 4.42 Å². The van der Waals surface area contributed by atoms with E-state index in [1.165, 1.54) is 12.1 Å². The monoisotopic (exact) mass is 243 g/mol. The highest BCUT2D eigenvalue weighted by Crippen LogP contribution is 2.34. The molecule has 88 valence electrons. The number of hydrogen-bond acceptors (Lipinski definition) is 4. The lowest BCUT2D eigenvalue weighted by atomic mass is 10.3. The van der Waals surface area contributed by atoms with Gasteiger partial charge >= 0.3 is 0 Å². The van der Waals surface area contributed by atoms with Crippen molar-refractivity contribution in [2.45, 2.75) is 30.9 Å². The SMILES string of the molecule is CCC1CC1NS(=O)(=O)c1ccc(C=O)o1. The van der Waals surface area contributed by atoms with Gasteiger partial charge < -0.3 is 4.42 Å². The second kappa shape index (κ2) is 4.03. The zero-order valence-electron chi connectivity index (χ0n) is 8.84. The molecule has 0 radical (unpaired) electrons. The quantitative estimate of drug-likeness (QED) is 0.787. The molecule has 1 saturated carbocycles. The van der Waals surface area contributed by atoms with E-state index in [9.17, 15) is 13.2 Å². The van der Waals surface area contributed by atoms with Crippen LogP contribution in [0.15, 0.2) is 21.6 Å². The summed E-state index contributed by atoms with van der Waals surface area (Å²) >= 11 is 0. The third-order valence-corrected chi connectivity index (χ3v) is 4.10. The Morgan fingerprint density at radius 1 is 1.56 bits per heavy atom. The summed E-state index contributed by atoms with van der Waals surface area (Å²) < 4.78 is 30.9. The molecule has 2 unspecified atom stereocenters. The first-order valence-electron chi connectivity index (χ1n) is 5.14. The molecule has 0 saturated heterocycles. The van der Waals surface area contributed by atoms with Gasteiger partial charge in [-0.25, -0.2) is 13.1 Å². The van der Waals surface area contributed by atoms with Gasteiger partial charge in [-0.05, 0) is 24.5 Å². The Labute approximate surface area is 93.9 Å². The standard InChI is InChI=1S/C10H13NO4S/c1-2-7-5-9(7)11-16(13,14)10-4-3-8(6-12)15-10/h3-4,6-7,9,11H,2,5H2,1H3. The molecule has 0 bridgehead atoms. The van der Waals surface area contributed by atoms with Gasteiger partial charge in [0.1, 0.15) is 0 Å². The van der Waals surface area contributed by atoms with Crippen LogP contribution in [0.2, 0.25) is 0 Å². The molecule has 1 aliphatic rings. The Morgan fingerprint density at radius 2 is 2.31 bits per heavy atom. The molecular formula is C10H13NO4S. The van der Waals surface area contributed by atoms with E-state index in [1.54, 1.807) is 0 Å². The smallest absolute Gasteiger partial charge is 0.274 e. The van der Waals surface area contributed by atoms with Gasteiger partial charge in [0.05, 0.1) is 0 Å². The lowest BCUT2D eigenvalue weighted by Crippen LogP contribution is -2.26. The van der Waals surface area contributed by atoms with Gasteiger partial charge in [0.2, 0.25) is 5.09 Å². The van der Waals surface area contributed by atoms with Crippen LogP contribution in [0.1, 0.15) is 30.3 Å². The third-order valence-electron chi connectivity index (χ3n) is 2.74. The molecule has 0 aliphatic heterocycles. The van der Waals surface area contributed by atoms with E-state index in [1.807, 2.05) is 6.92 Å². The van der Waals surface area contributed by atoms with Crippen LogP contribution in [0, 0.1) is 5.92 Å². The molecule has 5 nitrogen and oxygen atoms in total. The normalized spacial score (nSPS) is 24.3. The Hall–Kier alpha value is -1.14. The third kappa shape index (κ3) is 2.17. The molecule has 1 aromatic heterocycles. The van der Waals surface area contributed by atoms with Gasteiger partial charge in [-0.2, -0.15) is 0 Å². The largest absolute Gasteiger partial charge is 0.440 e. The zero-order valence-corrected chi connectivity index (χ0v) is 9.66. The first-order valence-corrected chi connectivity index (χ1v) is 6.62. The van der Waals surface area contributed by atoms with Gasteiger partial charge in [-0.3, -0.25) is 4.79 Å². The Kier molecular flexibility index (Phi) is 2.86. The number of carbonyl (C=O) groups excluding carboxylic acids is 1. The lowest BCUT2D eigenvalue weighted by Gasteiger charge is -2.02.